The largest absolute Gasteiger partial charge is 0.409 e. The van der Waals surface area contributed by atoms with Crippen LogP contribution in [0.2, 0.25) is 0 Å². The summed E-state index contributed by atoms with van der Waals surface area (Å²) >= 11 is 0. The molecule has 10 nitrogen and oxygen atoms in total. The summed E-state index contributed by atoms with van der Waals surface area (Å²) in [6, 6.07) is 24.9. The van der Waals surface area contributed by atoms with Gasteiger partial charge in [0.25, 0.3) is 0 Å². The van der Waals surface area contributed by atoms with Crippen LogP contribution in [0.25, 0.3) is 11.4 Å². The molecule has 3 N–H and O–H groups in total. The number of aryl methyl sites for hydroxylation is 1. The molecule has 228 valence electrons. The molecule has 0 radical (unpaired) electrons. The van der Waals surface area contributed by atoms with E-state index in [1.165, 1.54) is 42.8 Å². The highest BCUT2D eigenvalue weighted by Gasteiger charge is 2.13. The first-order valence-corrected chi connectivity index (χ1v) is 16.7. The van der Waals surface area contributed by atoms with Crippen LogP contribution < -0.4 is 5.73 Å². The predicted molar refractivity (Wildman–Crippen MR) is 165 cm³/mol. The second-order valence-electron chi connectivity index (χ2n) is 9.36. The Hall–Kier alpha value is -4.95. The van der Waals surface area contributed by atoms with Crippen LogP contribution in [0.3, 0.4) is 0 Å². The lowest BCUT2D eigenvalue weighted by Gasteiger charge is -2.06. The zero-order chi connectivity index (χ0) is 31.9. The average Bonchev–Trinajstić information content (AvgIpc) is 3.44. The number of aromatic nitrogens is 2. The van der Waals surface area contributed by atoms with E-state index in [4.69, 9.17) is 15.5 Å². The third-order valence-corrected chi connectivity index (χ3v) is 9.39. The molecule has 4 aromatic carbocycles. The van der Waals surface area contributed by atoms with Gasteiger partial charge in [-0.3, -0.25) is 0 Å². The molecule has 14 heteroatoms. The number of rotatable bonds is 6. The van der Waals surface area contributed by atoms with Crippen LogP contribution in [0.15, 0.2) is 125 Å². The van der Waals surface area contributed by atoms with E-state index in [1.807, 2.05) is 0 Å². The summed E-state index contributed by atoms with van der Waals surface area (Å²) in [6.45, 7) is 1.71. The van der Waals surface area contributed by atoms with Crippen molar-refractivity contribution in [3.8, 4) is 11.4 Å². The normalized spacial score (nSPS) is 14.0. The van der Waals surface area contributed by atoms with E-state index in [-0.39, 0.29) is 15.6 Å². The molecule has 0 saturated heterocycles. The summed E-state index contributed by atoms with van der Waals surface area (Å²) in [7, 11) is -5.76. The standard InChI is InChI=1S/C16H14FN3O2S.C14H14FN3O2S/c1-11-18-16(19-22-11)12-7-9-13(10-8-12)20-23(2,21)15-6-4-3-5-14(15)17;1-21(20,13-5-3-2-4-12(13)15)18-11-8-6-10(7-9-11)14(16)17-19/h3-10H,1-2H3;2-9,19H,1H3,(H2,16,17). The second kappa shape index (κ2) is 13.6. The predicted octanol–water partition coefficient (Wildman–Crippen LogP) is 6.68. The van der Waals surface area contributed by atoms with E-state index in [9.17, 15) is 17.2 Å². The smallest absolute Gasteiger partial charge is 0.223 e. The number of amidine groups is 1. The molecule has 5 rings (SSSR count). The summed E-state index contributed by atoms with van der Waals surface area (Å²) in [4.78, 5) is 4.29. The van der Waals surface area contributed by atoms with Crippen molar-refractivity contribution in [1.29, 1.82) is 0 Å². The maximum Gasteiger partial charge on any atom is 0.223 e. The number of hydrogen-bond donors (Lipinski definition) is 2. The molecule has 5 aromatic rings. The molecule has 0 amide bonds. The molecule has 0 fully saturated rings. The Morgan fingerprint density at radius 2 is 1.23 bits per heavy atom. The van der Waals surface area contributed by atoms with E-state index in [1.54, 1.807) is 73.7 Å². The number of oxime groups is 1. The number of halogens is 2. The van der Waals surface area contributed by atoms with E-state index in [0.29, 0.717) is 28.7 Å². The van der Waals surface area contributed by atoms with Gasteiger partial charge < -0.3 is 15.5 Å². The Kier molecular flexibility index (Phi) is 9.86. The number of benzene rings is 4. The van der Waals surface area contributed by atoms with Crippen LogP contribution in [0.5, 0.6) is 0 Å². The van der Waals surface area contributed by atoms with Gasteiger partial charge >= 0.3 is 0 Å². The highest BCUT2D eigenvalue weighted by Crippen LogP contribution is 2.25. The quantitative estimate of drug-likeness (QED) is 0.0909. The molecule has 44 heavy (non-hydrogen) atoms. The highest BCUT2D eigenvalue weighted by molar-refractivity contribution is 7.93. The SMILES string of the molecule is CS(=O)(=Nc1ccc(/C(N)=N/O)cc1)c1ccccc1F.Cc1nc(-c2ccc(N=S(C)(=O)c3ccccc3F)cc2)no1. The van der Waals surface area contributed by atoms with E-state index in [2.05, 4.69) is 24.0 Å². The van der Waals surface area contributed by atoms with E-state index >= 15 is 0 Å². The fraction of sp³-hybridized carbons (Fsp3) is 0.100. The third-order valence-electron chi connectivity index (χ3n) is 5.97. The minimum atomic E-state index is -2.89. The van der Waals surface area contributed by atoms with E-state index in [0.717, 1.165) is 5.56 Å². The van der Waals surface area contributed by atoms with Crippen LogP contribution in [0, 0.1) is 18.6 Å². The molecular formula is C30H28F2N6O4S2. The molecule has 0 spiro atoms. The molecule has 2 unspecified atom stereocenters. The summed E-state index contributed by atoms with van der Waals surface area (Å²) in [5.74, 6) is -0.164. The molecule has 0 aliphatic carbocycles. The molecule has 1 aromatic heterocycles. The van der Waals surface area contributed by atoms with Crippen molar-refractivity contribution in [2.24, 2.45) is 19.6 Å². The fourth-order valence-corrected chi connectivity index (χ4v) is 6.61. The fourth-order valence-electron chi connectivity index (χ4n) is 3.84. The summed E-state index contributed by atoms with van der Waals surface area (Å²) in [6.07, 6.45) is 2.80. The van der Waals surface area contributed by atoms with Crippen LogP contribution in [-0.2, 0) is 19.5 Å². The van der Waals surface area contributed by atoms with Gasteiger partial charge in [0.15, 0.2) is 5.84 Å². The molecule has 2 atom stereocenters. The number of hydrogen-bond acceptors (Lipinski definition) is 9. The minimum absolute atomic E-state index is 0.0344. The average molecular weight is 639 g/mol. The first-order valence-electron chi connectivity index (χ1n) is 12.8. The van der Waals surface area contributed by atoms with Crippen molar-refractivity contribution >= 4 is 36.7 Å². The van der Waals surface area contributed by atoms with Crippen molar-refractivity contribution in [1.82, 2.24) is 10.1 Å². The van der Waals surface area contributed by atoms with Crippen molar-refractivity contribution in [3.05, 3.63) is 120 Å². The van der Waals surface area contributed by atoms with Crippen molar-refractivity contribution < 1.29 is 26.9 Å². The van der Waals surface area contributed by atoms with Crippen LogP contribution >= 0.6 is 0 Å². The summed E-state index contributed by atoms with van der Waals surface area (Å²) in [5, 5.41) is 15.3. The number of nitrogens with two attached hydrogens (primary N) is 1. The van der Waals surface area contributed by atoms with Gasteiger partial charge in [-0.25, -0.2) is 17.2 Å². The molecule has 0 aliphatic heterocycles. The highest BCUT2D eigenvalue weighted by atomic mass is 32.2. The first-order chi connectivity index (χ1) is 20.9. The van der Waals surface area contributed by atoms with Crippen LogP contribution in [0.4, 0.5) is 20.2 Å². The Labute approximate surface area is 253 Å². The van der Waals surface area contributed by atoms with Gasteiger partial charge in [0.05, 0.1) is 40.6 Å². The molecule has 1 heterocycles. The third kappa shape index (κ3) is 7.90. The van der Waals surface area contributed by atoms with Gasteiger partial charge in [0, 0.05) is 30.6 Å². The Balaban J connectivity index is 0.000000202. The van der Waals surface area contributed by atoms with Crippen molar-refractivity contribution in [3.63, 3.8) is 0 Å². The van der Waals surface area contributed by atoms with Crippen molar-refractivity contribution in [2.45, 2.75) is 16.7 Å². The lowest BCUT2D eigenvalue weighted by molar-refractivity contribution is 0.318. The van der Waals surface area contributed by atoms with Crippen LogP contribution in [-0.4, -0.2) is 42.1 Å². The maximum atomic E-state index is 13.8. The van der Waals surface area contributed by atoms with E-state index < -0.39 is 31.1 Å². The zero-order valence-corrected chi connectivity index (χ0v) is 25.4. The Morgan fingerprint density at radius 3 is 1.64 bits per heavy atom. The van der Waals surface area contributed by atoms with Gasteiger partial charge in [0.1, 0.15) is 11.6 Å². The van der Waals surface area contributed by atoms with Gasteiger partial charge in [0.2, 0.25) is 11.7 Å². The van der Waals surface area contributed by atoms with Crippen molar-refractivity contribution in [2.75, 3.05) is 12.5 Å². The van der Waals surface area contributed by atoms with Gasteiger partial charge in [-0.15, -0.1) is 0 Å². The Morgan fingerprint density at radius 1 is 0.773 bits per heavy atom. The second-order valence-corrected chi connectivity index (χ2v) is 13.8. The lowest BCUT2D eigenvalue weighted by Crippen LogP contribution is -2.12. The van der Waals surface area contributed by atoms with Gasteiger partial charge in [-0.05, 0) is 72.8 Å². The maximum absolute atomic E-state index is 13.8. The molecular weight excluding hydrogens is 610 g/mol. The molecule has 0 aliphatic rings. The summed E-state index contributed by atoms with van der Waals surface area (Å²) < 4.78 is 66.0. The monoisotopic (exact) mass is 638 g/mol. The topological polar surface area (TPSA) is 156 Å². The molecule has 0 bridgehead atoms. The zero-order valence-electron chi connectivity index (χ0n) is 23.8. The summed E-state index contributed by atoms with van der Waals surface area (Å²) in [5.41, 5.74) is 7.62. The molecule has 0 saturated carbocycles. The first kappa shape index (κ1) is 32.0. The number of nitrogens with zero attached hydrogens (tertiary/aromatic N) is 5. The lowest BCUT2D eigenvalue weighted by atomic mass is 10.2. The van der Waals surface area contributed by atoms with Gasteiger partial charge in [-0.2, -0.15) is 13.7 Å². The van der Waals surface area contributed by atoms with Gasteiger partial charge in [-0.1, -0.05) is 34.6 Å². The Bertz CT molecular complexity index is 2050. The van der Waals surface area contributed by atoms with Crippen LogP contribution in [0.1, 0.15) is 11.5 Å². The minimum Gasteiger partial charge on any atom is -0.409 e.